The van der Waals surface area contributed by atoms with Crippen molar-refractivity contribution in [2.75, 3.05) is 6.54 Å². The Kier molecular flexibility index (Phi) is 5.07. The summed E-state index contributed by atoms with van der Waals surface area (Å²) in [4.78, 5) is 24.3. The van der Waals surface area contributed by atoms with Crippen molar-refractivity contribution in [3.05, 3.63) is 46.4 Å². The molecule has 4 nitrogen and oxygen atoms in total. The number of hydrogen-bond acceptors (Lipinski definition) is 3. The first-order chi connectivity index (χ1) is 12.2. The van der Waals surface area contributed by atoms with E-state index in [0.29, 0.717) is 18.1 Å². The Morgan fingerprint density at radius 3 is 2.38 bits per heavy atom. The highest BCUT2D eigenvalue weighted by Gasteiger charge is 2.32. The van der Waals surface area contributed by atoms with Crippen molar-refractivity contribution in [1.82, 2.24) is 14.9 Å². The molecule has 1 aromatic carbocycles. The van der Waals surface area contributed by atoms with Gasteiger partial charge in [0, 0.05) is 47.0 Å². The lowest BCUT2D eigenvalue weighted by Gasteiger charge is -2.34. The van der Waals surface area contributed by atoms with Crippen molar-refractivity contribution in [2.45, 2.75) is 53.5 Å². The molecule has 0 aliphatic carbocycles. The zero-order valence-electron chi connectivity index (χ0n) is 16.1. The van der Waals surface area contributed by atoms with Crippen LogP contribution in [0.4, 0.5) is 0 Å². The van der Waals surface area contributed by atoms with Crippen LogP contribution < -0.4 is 0 Å². The average molecular weight is 372 g/mol. The maximum absolute atomic E-state index is 12.8. The molecular weight excluding hydrogens is 346 g/mol. The summed E-state index contributed by atoms with van der Waals surface area (Å²) in [5, 5.41) is 0.699. The maximum Gasteiger partial charge on any atom is 0.228 e. The Labute approximate surface area is 160 Å². The molecule has 0 fully saturated rings. The van der Waals surface area contributed by atoms with Crippen molar-refractivity contribution in [2.24, 2.45) is 5.41 Å². The topological polar surface area (TPSA) is 46.1 Å². The van der Waals surface area contributed by atoms with E-state index in [1.807, 2.05) is 49.9 Å². The Hall–Kier alpha value is -1.94. The third-order valence-corrected chi connectivity index (χ3v) is 4.89. The first-order valence-electron chi connectivity index (χ1n) is 9.12. The SMILES string of the molecule is CC(C)c1nc2c(c(-c3ccc(Cl)cc3)n1)CN(C(=O)C(C)(C)C)CC2. The van der Waals surface area contributed by atoms with E-state index in [-0.39, 0.29) is 11.8 Å². The highest BCUT2D eigenvalue weighted by Crippen LogP contribution is 2.32. The van der Waals surface area contributed by atoms with E-state index in [9.17, 15) is 4.79 Å². The van der Waals surface area contributed by atoms with Crippen LogP contribution in [0, 0.1) is 5.41 Å². The van der Waals surface area contributed by atoms with E-state index in [4.69, 9.17) is 21.6 Å². The summed E-state index contributed by atoms with van der Waals surface area (Å²) in [5.41, 5.74) is 3.66. The molecule has 0 unspecified atom stereocenters. The number of aromatic nitrogens is 2. The summed E-state index contributed by atoms with van der Waals surface area (Å²) < 4.78 is 0. The Morgan fingerprint density at radius 1 is 1.15 bits per heavy atom. The summed E-state index contributed by atoms with van der Waals surface area (Å²) in [6.07, 6.45) is 0.764. The zero-order chi connectivity index (χ0) is 19.1. The van der Waals surface area contributed by atoms with Gasteiger partial charge in [-0.1, -0.05) is 58.4 Å². The molecule has 0 atom stereocenters. The van der Waals surface area contributed by atoms with Gasteiger partial charge < -0.3 is 4.90 Å². The van der Waals surface area contributed by atoms with Crippen LogP contribution in [-0.4, -0.2) is 27.3 Å². The Balaban J connectivity index is 2.08. The summed E-state index contributed by atoms with van der Waals surface area (Å²) >= 11 is 6.05. The van der Waals surface area contributed by atoms with Gasteiger partial charge in [0.15, 0.2) is 0 Å². The molecule has 0 saturated heterocycles. The lowest BCUT2D eigenvalue weighted by atomic mass is 9.92. The number of fused-ring (bicyclic) bond motifs is 1. The number of nitrogens with zero attached hydrogens (tertiary/aromatic N) is 3. The fourth-order valence-electron chi connectivity index (χ4n) is 3.19. The quantitative estimate of drug-likeness (QED) is 0.757. The molecule has 26 heavy (non-hydrogen) atoms. The Bertz CT molecular complexity index is 822. The van der Waals surface area contributed by atoms with Gasteiger partial charge in [0.05, 0.1) is 11.4 Å². The fourth-order valence-corrected chi connectivity index (χ4v) is 3.31. The lowest BCUT2D eigenvalue weighted by Crippen LogP contribution is -2.43. The number of rotatable bonds is 2. The first-order valence-corrected chi connectivity index (χ1v) is 9.49. The monoisotopic (exact) mass is 371 g/mol. The predicted octanol–water partition coefficient (Wildman–Crippen LogP) is 4.85. The van der Waals surface area contributed by atoms with Crippen LogP contribution in [0.1, 0.15) is 57.6 Å². The number of halogens is 1. The number of carbonyl (C=O) groups is 1. The van der Waals surface area contributed by atoms with Crippen molar-refractivity contribution < 1.29 is 4.79 Å². The molecule has 2 aromatic rings. The first kappa shape index (κ1) is 18.8. The minimum absolute atomic E-state index is 0.165. The van der Waals surface area contributed by atoms with Gasteiger partial charge in [-0.25, -0.2) is 9.97 Å². The number of hydrogen-bond donors (Lipinski definition) is 0. The third kappa shape index (κ3) is 3.75. The van der Waals surface area contributed by atoms with Crippen LogP contribution in [0.5, 0.6) is 0 Å². The fraction of sp³-hybridized carbons (Fsp3) is 0.476. The maximum atomic E-state index is 12.8. The molecule has 1 aromatic heterocycles. The normalized spacial score (nSPS) is 14.5. The molecule has 0 radical (unpaired) electrons. The smallest absolute Gasteiger partial charge is 0.228 e. The lowest BCUT2D eigenvalue weighted by molar-refractivity contribution is -0.140. The zero-order valence-corrected chi connectivity index (χ0v) is 16.9. The molecule has 0 spiro atoms. The minimum Gasteiger partial charge on any atom is -0.337 e. The van der Waals surface area contributed by atoms with E-state index >= 15 is 0 Å². The van der Waals surface area contributed by atoms with Crippen LogP contribution >= 0.6 is 11.6 Å². The number of amides is 1. The van der Waals surface area contributed by atoms with E-state index in [1.54, 1.807) is 0 Å². The van der Waals surface area contributed by atoms with Crippen LogP contribution in [0.15, 0.2) is 24.3 Å². The third-order valence-electron chi connectivity index (χ3n) is 4.64. The van der Waals surface area contributed by atoms with E-state index < -0.39 is 5.41 Å². The predicted molar refractivity (Wildman–Crippen MR) is 105 cm³/mol. The van der Waals surface area contributed by atoms with Crippen molar-refractivity contribution >= 4 is 17.5 Å². The van der Waals surface area contributed by atoms with Gasteiger partial charge in [-0.2, -0.15) is 0 Å². The second-order valence-electron chi connectivity index (χ2n) is 8.24. The second-order valence-corrected chi connectivity index (χ2v) is 8.68. The molecule has 3 rings (SSSR count). The van der Waals surface area contributed by atoms with Crippen molar-refractivity contribution in [1.29, 1.82) is 0 Å². The van der Waals surface area contributed by atoms with Gasteiger partial charge in [-0.05, 0) is 12.1 Å². The average Bonchev–Trinajstić information content (AvgIpc) is 2.59. The molecule has 5 heteroatoms. The van der Waals surface area contributed by atoms with Crippen LogP contribution in [0.25, 0.3) is 11.3 Å². The molecule has 2 heterocycles. The molecular formula is C21H26ClN3O. The van der Waals surface area contributed by atoms with Crippen molar-refractivity contribution in [3.8, 4) is 11.3 Å². The van der Waals surface area contributed by atoms with E-state index in [2.05, 4.69) is 13.8 Å². The molecule has 1 aliphatic heterocycles. The van der Waals surface area contributed by atoms with Gasteiger partial charge in [0.2, 0.25) is 5.91 Å². The molecule has 1 amide bonds. The van der Waals surface area contributed by atoms with E-state index in [0.717, 1.165) is 34.8 Å². The molecule has 138 valence electrons. The van der Waals surface area contributed by atoms with Crippen LogP contribution in [0.2, 0.25) is 5.02 Å². The number of benzene rings is 1. The van der Waals surface area contributed by atoms with E-state index in [1.165, 1.54) is 0 Å². The van der Waals surface area contributed by atoms with Gasteiger partial charge in [-0.3, -0.25) is 4.79 Å². The largest absolute Gasteiger partial charge is 0.337 e. The van der Waals surface area contributed by atoms with Gasteiger partial charge in [0.25, 0.3) is 0 Å². The number of carbonyl (C=O) groups excluding carboxylic acids is 1. The standard InChI is InChI=1S/C21H26ClN3O/c1-13(2)19-23-17-10-11-25(20(26)21(3,4)5)12-16(17)18(24-19)14-6-8-15(22)9-7-14/h6-9,13H,10-12H2,1-5H3. The molecule has 0 bridgehead atoms. The van der Waals surface area contributed by atoms with Crippen LogP contribution in [0.3, 0.4) is 0 Å². The van der Waals surface area contributed by atoms with Gasteiger partial charge in [0.1, 0.15) is 5.82 Å². The summed E-state index contributed by atoms with van der Waals surface area (Å²) in [6, 6.07) is 7.72. The molecule has 0 saturated carbocycles. The highest BCUT2D eigenvalue weighted by molar-refractivity contribution is 6.30. The van der Waals surface area contributed by atoms with Crippen molar-refractivity contribution in [3.63, 3.8) is 0 Å². The molecule has 0 N–H and O–H groups in total. The van der Waals surface area contributed by atoms with Gasteiger partial charge >= 0.3 is 0 Å². The summed E-state index contributed by atoms with van der Waals surface area (Å²) in [6.45, 7) is 11.4. The highest BCUT2D eigenvalue weighted by atomic mass is 35.5. The summed E-state index contributed by atoms with van der Waals surface area (Å²) in [7, 11) is 0. The second kappa shape index (κ2) is 6.99. The van der Waals surface area contributed by atoms with Gasteiger partial charge in [-0.15, -0.1) is 0 Å². The molecule has 1 aliphatic rings. The Morgan fingerprint density at radius 2 is 1.81 bits per heavy atom. The van der Waals surface area contributed by atoms with Crippen LogP contribution in [-0.2, 0) is 17.8 Å². The minimum atomic E-state index is -0.392. The summed E-state index contributed by atoms with van der Waals surface area (Å²) in [5.74, 6) is 1.27.